The molecular formula is C13H14O6. The number of aliphatic hydroxyl groups excluding tert-OH is 1. The lowest BCUT2D eigenvalue weighted by Gasteiger charge is -2.16. The van der Waals surface area contributed by atoms with Crippen LogP contribution in [0.15, 0.2) is 30.3 Å². The molecule has 102 valence electrons. The van der Waals surface area contributed by atoms with E-state index in [-0.39, 0.29) is 12.8 Å². The largest absolute Gasteiger partial charge is 0.481 e. The minimum Gasteiger partial charge on any atom is -0.481 e. The Kier molecular flexibility index (Phi) is 5.56. The van der Waals surface area contributed by atoms with E-state index in [1.165, 1.54) is 0 Å². The molecule has 1 unspecified atom stereocenters. The van der Waals surface area contributed by atoms with Gasteiger partial charge in [0.05, 0.1) is 12.8 Å². The predicted molar refractivity (Wildman–Crippen MR) is 66.6 cm³/mol. The molecule has 0 fully saturated rings. The Morgan fingerprint density at radius 1 is 1.11 bits per heavy atom. The maximum atomic E-state index is 9.64. The third kappa shape index (κ3) is 5.69. The van der Waals surface area contributed by atoms with Crippen molar-refractivity contribution in [3.63, 3.8) is 0 Å². The average molecular weight is 266 g/mol. The summed E-state index contributed by atoms with van der Waals surface area (Å²) in [5.74, 6) is -1.41. The Morgan fingerprint density at radius 3 is 2.26 bits per heavy atom. The van der Waals surface area contributed by atoms with Crippen molar-refractivity contribution in [1.29, 1.82) is 0 Å². The van der Waals surface area contributed by atoms with Gasteiger partial charge in [0.2, 0.25) is 6.29 Å². The van der Waals surface area contributed by atoms with Crippen LogP contribution < -0.4 is 4.74 Å². The SMILES string of the molecule is O=C(O)CCC(=O)O.OC1C=Cc2ccccc2O1. The third-order valence-electron chi connectivity index (χ3n) is 2.16. The number of carbonyl (C=O) groups is 2. The third-order valence-corrected chi connectivity index (χ3v) is 2.16. The second-order valence-corrected chi connectivity index (χ2v) is 3.69. The molecule has 3 N–H and O–H groups in total. The summed E-state index contributed by atoms with van der Waals surface area (Å²) < 4.78 is 5.10. The molecule has 0 spiro atoms. The van der Waals surface area contributed by atoms with E-state index in [0.29, 0.717) is 0 Å². The Labute approximate surface area is 109 Å². The van der Waals surface area contributed by atoms with Gasteiger partial charge in [-0.15, -0.1) is 0 Å². The summed E-state index contributed by atoms with van der Waals surface area (Å²) >= 11 is 0. The van der Waals surface area contributed by atoms with Crippen LogP contribution in [0.2, 0.25) is 0 Å². The fourth-order valence-electron chi connectivity index (χ4n) is 1.29. The highest BCUT2D eigenvalue weighted by molar-refractivity contribution is 5.75. The van der Waals surface area contributed by atoms with Crippen LogP contribution >= 0.6 is 0 Å². The van der Waals surface area contributed by atoms with E-state index in [0.717, 1.165) is 11.3 Å². The van der Waals surface area contributed by atoms with Gasteiger partial charge in [-0.2, -0.15) is 0 Å². The standard InChI is InChI=1S/C9H8O2.C4H6O4/c10-9-6-5-7-3-1-2-4-8(7)11-9;5-3(6)1-2-4(7)8/h1-6,9-10H;1-2H2,(H,5,6)(H,7,8). The van der Waals surface area contributed by atoms with E-state index >= 15 is 0 Å². The van der Waals surface area contributed by atoms with Gasteiger partial charge in [0.25, 0.3) is 0 Å². The number of aliphatic carboxylic acids is 2. The van der Waals surface area contributed by atoms with Crippen LogP contribution in [0, 0.1) is 0 Å². The van der Waals surface area contributed by atoms with Crippen molar-refractivity contribution in [2.24, 2.45) is 0 Å². The number of benzene rings is 1. The summed E-state index contributed by atoms with van der Waals surface area (Å²) in [4.78, 5) is 19.3. The number of para-hydroxylation sites is 1. The Balaban J connectivity index is 0.000000203. The van der Waals surface area contributed by atoms with Gasteiger partial charge in [-0.1, -0.05) is 18.2 Å². The monoisotopic (exact) mass is 266 g/mol. The molecule has 19 heavy (non-hydrogen) atoms. The van der Waals surface area contributed by atoms with Crippen molar-refractivity contribution in [1.82, 2.24) is 0 Å². The summed E-state index contributed by atoms with van der Waals surface area (Å²) in [7, 11) is 0. The lowest BCUT2D eigenvalue weighted by molar-refractivity contribution is -0.143. The molecule has 6 heteroatoms. The molecule has 0 amide bonds. The smallest absolute Gasteiger partial charge is 0.303 e. The summed E-state index contributed by atoms with van der Waals surface area (Å²) in [5, 5.41) is 24.8. The Morgan fingerprint density at radius 2 is 1.68 bits per heavy atom. The van der Waals surface area contributed by atoms with Crippen molar-refractivity contribution in [3.05, 3.63) is 35.9 Å². The molecule has 1 aromatic carbocycles. The van der Waals surface area contributed by atoms with Crippen LogP contribution in [0.5, 0.6) is 5.75 Å². The maximum Gasteiger partial charge on any atom is 0.303 e. The highest BCUT2D eigenvalue weighted by atomic mass is 16.6. The van der Waals surface area contributed by atoms with Crippen LogP contribution in [-0.4, -0.2) is 33.5 Å². The van der Waals surface area contributed by atoms with Gasteiger partial charge in [-0.3, -0.25) is 9.59 Å². The number of hydrogen-bond acceptors (Lipinski definition) is 4. The van der Waals surface area contributed by atoms with Crippen LogP contribution in [0.1, 0.15) is 18.4 Å². The minimum atomic E-state index is -1.08. The molecule has 0 radical (unpaired) electrons. The molecule has 0 saturated carbocycles. The van der Waals surface area contributed by atoms with Crippen molar-refractivity contribution < 1.29 is 29.6 Å². The van der Waals surface area contributed by atoms with Gasteiger partial charge in [0.15, 0.2) is 0 Å². The van der Waals surface area contributed by atoms with Crippen molar-refractivity contribution in [3.8, 4) is 5.75 Å². The van der Waals surface area contributed by atoms with Crippen LogP contribution in [-0.2, 0) is 9.59 Å². The molecule has 6 nitrogen and oxygen atoms in total. The predicted octanol–water partition coefficient (Wildman–Crippen LogP) is 1.35. The first-order valence-electron chi connectivity index (χ1n) is 5.54. The molecule has 0 bridgehead atoms. The second-order valence-electron chi connectivity index (χ2n) is 3.69. The fraction of sp³-hybridized carbons (Fsp3) is 0.231. The van der Waals surface area contributed by atoms with Crippen molar-refractivity contribution >= 4 is 18.0 Å². The number of hydrogen-bond donors (Lipinski definition) is 3. The maximum absolute atomic E-state index is 9.64. The zero-order chi connectivity index (χ0) is 14.3. The van der Waals surface area contributed by atoms with E-state index in [1.807, 2.05) is 30.3 Å². The molecule has 1 heterocycles. The zero-order valence-corrected chi connectivity index (χ0v) is 10.0. The molecule has 1 aliphatic rings. The van der Waals surface area contributed by atoms with E-state index in [9.17, 15) is 9.59 Å². The number of carboxylic acid groups (broad SMARTS) is 2. The molecular weight excluding hydrogens is 252 g/mol. The highest BCUT2D eigenvalue weighted by Crippen LogP contribution is 2.24. The fourth-order valence-corrected chi connectivity index (χ4v) is 1.29. The van der Waals surface area contributed by atoms with Crippen LogP contribution in [0.25, 0.3) is 6.08 Å². The first kappa shape index (κ1) is 14.7. The Bertz CT molecular complexity index is 466. The molecule has 2 rings (SSSR count). The van der Waals surface area contributed by atoms with Crippen molar-refractivity contribution in [2.45, 2.75) is 19.1 Å². The van der Waals surface area contributed by atoms with Gasteiger partial charge < -0.3 is 20.1 Å². The quantitative estimate of drug-likeness (QED) is 0.762. The first-order valence-corrected chi connectivity index (χ1v) is 5.54. The number of carboxylic acids is 2. The molecule has 1 aliphatic heterocycles. The van der Waals surface area contributed by atoms with Gasteiger partial charge in [0.1, 0.15) is 5.75 Å². The summed E-state index contributed by atoms with van der Waals surface area (Å²) in [6.45, 7) is 0. The van der Waals surface area contributed by atoms with E-state index in [1.54, 1.807) is 6.08 Å². The lowest BCUT2D eigenvalue weighted by Crippen LogP contribution is -2.15. The molecule has 0 aromatic heterocycles. The normalized spacial score (nSPS) is 15.5. The first-order chi connectivity index (χ1) is 8.99. The van der Waals surface area contributed by atoms with Crippen LogP contribution in [0.3, 0.4) is 0 Å². The summed E-state index contributed by atoms with van der Waals surface area (Å²) in [6.07, 6.45) is 2.08. The van der Waals surface area contributed by atoms with E-state index < -0.39 is 18.2 Å². The molecule has 1 aromatic rings. The van der Waals surface area contributed by atoms with E-state index in [4.69, 9.17) is 20.1 Å². The van der Waals surface area contributed by atoms with Gasteiger partial charge in [-0.05, 0) is 18.2 Å². The molecule has 1 atom stereocenters. The van der Waals surface area contributed by atoms with Crippen LogP contribution in [0.4, 0.5) is 0 Å². The topological polar surface area (TPSA) is 104 Å². The lowest BCUT2D eigenvalue weighted by atomic mass is 10.1. The number of rotatable bonds is 3. The highest BCUT2D eigenvalue weighted by Gasteiger charge is 2.09. The number of ether oxygens (including phenoxy) is 1. The van der Waals surface area contributed by atoms with E-state index in [2.05, 4.69) is 0 Å². The van der Waals surface area contributed by atoms with Gasteiger partial charge in [0, 0.05) is 5.56 Å². The number of aliphatic hydroxyl groups is 1. The Hall–Kier alpha value is -2.34. The molecule has 0 aliphatic carbocycles. The minimum absolute atomic E-state index is 0.296. The van der Waals surface area contributed by atoms with Gasteiger partial charge in [-0.25, -0.2) is 0 Å². The van der Waals surface area contributed by atoms with Gasteiger partial charge >= 0.3 is 11.9 Å². The zero-order valence-electron chi connectivity index (χ0n) is 10.0. The summed E-state index contributed by atoms with van der Waals surface area (Å²) in [6, 6.07) is 7.59. The summed E-state index contributed by atoms with van der Waals surface area (Å²) in [5.41, 5.74) is 1.01. The molecule has 0 saturated heterocycles. The number of fused-ring (bicyclic) bond motifs is 1. The average Bonchev–Trinajstić information content (AvgIpc) is 2.37. The van der Waals surface area contributed by atoms with Crippen molar-refractivity contribution in [2.75, 3.05) is 0 Å². The second kappa shape index (κ2) is 7.17.